The predicted molar refractivity (Wildman–Crippen MR) is 162 cm³/mol. The number of para-hydroxylation sites is 1. The number of aliphatic hydroxyl groups is 1. The van der Waals surface area contributed by atoms with Gasteiger partial charge in [-0.2, -0.15) is 0 Å². The summed E-state index contributed by atoms with van der Waals surface area (Å²) in [6.07, 6.45) is 5.37. The second kappa shape index (κ2) is 10.9. The molecule has 0 bridgehead atoms. The summed E-state index contributed by atoms with van der Waals surface area (Å²) in [6, 6.07) is 15.6. The number of likely N-dealkylation sites (tertiary alicyclic amines) is 1. The molecule has 0 atom stereocenters. The Morgan fingerprint density at radius 2 is 1.86 bits per heavy atom. The number of piperidine rings is 1. The third-order valence-electron chi connectivity index (χ3n) is 8.64. The molecule has 11 heteroatoms. The van der Waals surface area contributed by atoms with Crippen LogP contribution in [0.1, 0.15) is 18.4 Å². The fourth-order valence-corrected chi connectivity index (χ4v) is 6.57. The maximum atomic E-state index is 13.6. The number of nitrogens with zero attached hydrogens (tertiary/aromatic N) is 6. The lowest BCUT2D eigenvalue weighted by Crippen LogP contribution is -2.51. The van der Waals surface area contributed by atoms with E-state index in [4.69, 9.17) is 11.6 Å². The molecular formula is C31H32ClN7O3. The van der Waals surface area contributed by atoms with E-state index in [0.29, 0.717) is 43.4 Å². The van der Waals surface area contributed by atoms with Gasteiger partial charge in [-0.1, -0.05) is 41.9 Å². The summed E-state index contributed by atoms with van der Waals surface area (Å²) in [7, 11) is 0. The highest BCUT2D eigenvalue weighted by Gasteiger charge is 2.33. The number of carbonyl (C=O) groups is 2. The van der Waals surface area contributed by atoms with E-state index in [1.54, 1.807) is 0 Å². The molecule has 5 heterocycles. The second-order valence-electron chi connectivity index (χ2n) is 11.3. The van der Waals surface area contributed by atoms with Gasteiger partial charge in [-0.05, 0) is 48.6 Å². The number of β-amino-alcohol motifs (C(OH)–C–C–N with tert-alkyl or cyclic N) is 1. The lowest BCUT2D eigenvalue weighted by Gasteiger charge is -2.38. The van der Waals surface area contributed by atoms with Crippen molar-refractivity contribution in [3.8, 4) is 11.1 Å². The summed E-state index contributed by atoms with van der Waals surface area (Å²) in [5.74, 6) is 0.750. The first-order chi connectivity index (χ1) is 20.4. The fourth-order valence-electron chi connectivity index (χ4n) is 6.38. The molecule has 3 amide bonds. The van der Waals surface area contributed by atoms with Crippen molar-refractivity contribution in [1.82, 2.24) is 24.3 Å². The van der Waals surface area contributed by atoms with E-state index >= 15 is 0 Å². The predicted octanol–water partition coefficient (Wildman–Crippen LogP) is 4.01. The van der Waals surface area contributed by atoms with Crippen molar-refractivity contribution in [2.75, 3.05) is 42.9 Å². The minimum Gasteiger partial charge on any atom is -0.389 e. The summed E-state index contributed by atoms with van der Waals surface area (Å²) in [5.41, 5.74) is 4.50. The lowest BCUT2D eigenvalue weighted by molar-refractivity contribution is -0.133. The molecule has 0 unspecified atom stereocenters. The van der Waals surface area contributed by atoms with Crippen LogP contribution in [0.15, 0.2) is 61.1 Å². The molecule has 0 radical (unpaired) electrons. The number of nitrogens with one attached hydrogen (secondary N) is 1. The molecule has 4 aromatic rings. The van der Waals surface area contributed by atoms with Crippen LogP contribution in [0.2, 0.25) is 5.02 Å². The SMILES string of the molecule is O=C(Cn1cc(-c2cccc(Cl)c2)c2c(N3CC(O)C3)ncnc21)N1CCC(N2CCc3ccccc3NC2=O)CC1. The maximum Gasteiger partial charge on any atom is 0.322 e. The van der Waals surface area contributed by atoms with Gasteiger partial charge in [0, 0.05) is 61.2 Å². The molecule has 0 saturated carbocycles. The van der Waals surface area contributed by atoms with Crippen molar-refractivity contribution < 1.29 is 14.7 Å². The van der Waals surface area contributed by atoms with E-state index < -0.39 is 0 Å². The topological polar surface area (TPSA) is 107 Å². The molecule has 10 nitrogen and oxygen atoms in total. The van der Waals surface area contributed by atoms with E-state index in [1.165, 1.54) is 6.33 Å². The Labute approximate surface area is 248 Å². The van der Waals surface area contributed by atoms with Crippen LogP contribution in [0.5, 0.6) is 0 Å². The quantitative estimate of drug-likeness (QED) is 0.366. The standard InChI is InChI=1S/C31H32ClN7O3/c32-22-6-3-5-21(14-22)25-17-38(30-28(25)29(33-19-34-30)37-15-24(40)16-37)18-27(41)36-11-9-23(10-12-36)39-13-8-20-4-1-2-7-26(20)35-31(39)42/h1-7,14,17,19,23-24,40H,8-13,15-16,18H2,(H,35,42). The first-order valence-electron chi connectivity index (χ1n) is 14.4. The average molecular weight is 586 g/mol. The van der Waals surface area contributed by atoms with Crippen molar-refractivity contribution >= 4 is 46.1 Å². The molecule has 2 N–H and O–H groups in total. The number of fused-ring (bicyclic) bond motifs is 2. The molecule has 3 aliphatic heterocycles. The summed E-state index contributed by atoms with van der Waals surface area (Å²) in [5, 5.41) is 14.4. The van der Waals surface area contributed by atoms with Gasteiger partial charge in [-0.3, -0.25) is 4.79 Å². The van der Waals surface area contributed by atoms with E-state index in [0.717, 1.165) is 52.8 Å². The summed E-state index contributed by atoms with van der Waals surface area (Å²) < 4.78 is 1.89. The highest BCUT2D eigenvalue weighted by molar-refractivity contribution is 6.31. The van der Waals surface area contributed by atoms with Crippen LogP contribution in [-0.4, -0.2) is 86.2 Å². The average Bonchev–Trinajstić information content (AvgIpc) is 3.26. The van der Waals surface area contributed by atoms with Gasteiger partial charge >= 0.3 is 6.03 Å². The van der Waals surface area contributed by atoms with Gasteiger partial charge in [0.1, 0.15) is 24.3 Å². The number of carbonyl (C=O) groups excluding carboxylic acids is 2. The Morgan fingerprint density at radius 3 is 2.64 bits per heavy atom. The first-order valence-corrected chi connectivity index (χ1v) is 14.8. The summed E-state index contributed by atoms with van der Waals surface area (Å²) in [6.45, 7) is 2.99. The highest BCUT2D eigenvalue weighted by Crippen LogP contribution is 2.37. The molecular weight excluding hydrogens is 554 g/mol. The third kappa shape index (κ3) is 4.94. The van der Waals surface area contributed by atoms with Crippen LogP contribution in [-0.2, 0) is 17.8 Å². The number of halogens is 1. The number of anilines is 2. The minimum atomic E-state index is -0.382. The highest BCUT2D eigenvalue weighted by atomic mass is 35.5. The number of amides is 3. The lowest BCUT2D eigenvalue weighted by atomic mass is 10.0. The number of hydrogen-bond acceptors (Lipinski definition) is 6. The van der Waals surface area contributed by atoms with Crippen LogP contribution in [0.4, 0.5) is 16.3 Å². The molecule has 3 aliphatic rings. The Bertz CT molecular complexity index is 1660. The molecule has 2 aromatic heterocycles. The molecule has 216 valence electrons. The van der Waals surface area contributed by atoms with Gasteiger partial charge in [-0.15, -0.1) is 0 Å². The second-order valence-corrected chi connectivity index (χ2v) is 11.7. The molecule has 2 saturated heterocycles. The van der Waals surface area contributed by atoms with Crippen LogP contribution < -0.4 is 10.2 Å². The van der Waals surface area contributed by atoms with E-state index in [-0.39, 0.29) is 30.6 Å². The van der Waals surface area contributed by atoms with Crippen molar-refractivity contribution in [2.24, 2.45) is 0 Å². The smallest absolute Gasteiger partial charge is 0.322 e. The number of hydrogen-bond donors (Lipinski definition) is 2. The zero-order valence-corrected chi connectivity index (χ0v) is 23.9. The van der Waals surface area contributed by atoms with Crippen LogP contribution in [0, 0.1) is 0 Å². The van der Waals surface area contributed by atoms with Crippen molar-refractivity contribution in [3.05, 3.63) is 71.6 Å². The van der Waals surface area contributed by atoms with Gasteiger partial charge in [0.25, 0.3) is 0 Å². The summed E-state index contributed by atoms with van der Waals surface area (Å²) >= 11 is 6.34. The molecule has 2 aromatic carbocycles. The van der Waals surface area contributed by atoms with Crippen LogP contribution >= 0.6 is 11.6 Å². The van der Waals surface area contributed by atoms with Crippen LogP contribution in [0.25, 0.3) is 22.2 Å². The maximum absolute atomic E-state index is 13.6. The number of benzene rings is 2. The van der Waals surface area contributed by atoms with Gasteiger partial charge in [-0.25, -0.2) is 14.8 Å². The zero-order valence-electron chi connectivity index (χ0n) is 23.1. The Hall–Kier alpha value is -4.15. The van der Waals surface area contributed by atoms with E-state index in [9.17, 15) is 14.7 Å². The van der Waals surface area contributed by atoms with E-state index in [1.807, 2.05) is 67.9 Å². The normalized spacial score (nSPS) is 18.0. The molecule has 0 aliphatic carbocycles. The van der Waals surface area contributed by atoms with Crippen LogP contribution in [0.3, 0.4) is 0 Å². The van der Waals surface area contributed by atoms with Crippen molar-refractivity contribution in [3.63, 3.8) is 0 Å². The Balaban J connectivity index is 1.09. The molecule has 7 rings (SSSR count). The Morgan fingerprint density at radius 1 is 1.05 bits per heavy atom. The monoisotopic (exact) mass is 585 g/mol. The number of urea groups is 1. The first kappa shape index (κ1) is 26.7. The molecule has 2 fully saturated rings. The fraction of sp³-hybridized carbons (Fsp3) is 0.355. The number of rotatable bonds is 5. The minimum absolute atomic E-state index is 0.00949. The molecule has 42 heavy (non-hydrogen) atoms. The van der Waals surface area contributed by atoms with Crippen molar-refractivity contribution in [2.45, 2.75) is 38.0 Å². The molecule has 0 spiro atoms. The van der Waals surface area contributed by atoms with Gasteiger partial charge in [0.05, 0.1) is 11.5 Å². The zero-order chi connectivity index (χ0) is 28.8. The van der Waals surface area contributed by atoms with E-state index in [2.05, 4.69) is 21.4 Å². The van der Waals surface area contributed by atoms with Gasteiger partial charge < -0.3 is 29.7 Å². The van der Waals surface area contributed by atoms with Crippen molar-refractivity contribution in [1.29, 1.82) is 0 Å². The number of aromatic nitrogens is 3. The third-order valence-corrected chi connectivity index (χ3v) is 8.87. The van der Waals surface area contributed by atoms with Gasteiger partial charge in [0.2, 0.25) is 5.91 Å². The van der Waals surface area contributed by atoms with Gasteiger partial charge in [0.15, 0.2) is 0 Å². The Kier molecular flexibility index (Phi) is 6.95. The number of aliphatic hydroxyl groups excluding tert-OH is 1. The summed E-state index contributed by atoms with van der Waals surface area (Å²) in [4.78, 5) is 41.6. The largest absolute Gasteiger partial charge is 0.389 e.